The Morgan fingerprint density at radius 3 is 2.25 bits per heavy atom. The minimum Gasteiger partial charge on any atom is -0.507 e. The number of anilines is 2. The van der Waals surface area contributed by atoms with Gasteiger partial charge >= 0.3 is 17.4 Å². The summed E-state index contributed by atoms with van der Waals surface area (Å²) < 4.78 is 28.6. The summed E-state index contributed by atoms with van der Waals surface area (Å²) >= 11 is 0. The number of phenols is 3. The summed E-state index contributed by atoms with van der Waals surface area (Å²) in [6, 6.07) is 6.76. The van der Waals surface area contributed by atoms with E-state index in [1.54, 1.807) is 57.0 Å². The van der Waals surface area contributed by atoms with Crippen molar-refractivity contribution in [3.05, 3.63) is 93.1 Å². The van der Waals surface area contributed by atoms with E-state index in [9.17, 15) is 44.7 Å². The molecule has 19 heteroatoms. The van der Waals surface area contributed by atoms with Gasteiger partial charge in [-0.1, -0.05) is 45.9 Å². The Balaban J connectivity index is 0.000000559. The van der Waals surface area contributed by atoms with E-state index in [1.165, 1.54) is 65.5 Å². The number of aliphatic hydroxyl groups excluding tert-OH is 2. The van der Waals surface area contributed by atoms with E-state index in [1.807, 2.05) is 20.0 Å². The highest BCUT2D eigenvalue weighted by atomic mass is 16.7. The molecule has 0 saturated carbocycles. The lowest BCUT2D eigenvalue weighted by Gasteiger charge is -2.38. The number of carbonyl (C=O) groups is 3. The fourth-order valence-corrected chi connectivity index (χ4v) is 9.26. The van der Waals surface area contributed by atoms with Gasteiger partial charge in [-0.2, -0.15) is 5.10 Å². The lowest BCUT2D eigenvalue weighted by molar-refractivity contribution is -0.160. The predicted octanol–water partition coefficient (Wildman–Crippen LogP) is 6.02. The first kappa shape index (κ1) is 54.4. The second-order valence-electron chi connectivity index (χ2n) is 19.1. The third-order valence-corrected chi connectivity index (χ3v) is 13.8. The minimum atomic E-state index is -2.04. The normalized spacial score (nSPS) is 28.2. The van der Waals surface area contributed by atoms with Crippen LogP contribution in [0.25, 0.3) is 21.7 Å². The molecule has 1 saturated heterocycles. The number of hydrazone groups is 1. The zero-order valence-corrected chi connectivity index (χ0v) is 42.6. The first-order valence-electron chi connectivity index (χ1n) is 23.8. The molecule has 19 nitrogen and oxygen atoms in total. The molecule has 4 aromatic rings. The molecule has 1 aromatic heterocycles. The van der Waals surface area contributed by atoms with Crippen LogP contribution in [0.1, 0.15) is 75.5 Å². The molecule has 8 rings (SSSR count). The summed E-state index contributed by atoms with van der Waals surface area (Å²) in [5.41, 5.74) is 6.93. The molecule has 0 unspecified atom stereocenters. The van der Waals surface area contributed by atoms with E-state index in [2.05, 4.69) is 15.3 Å². The molecule has 5 heterocycles. The number of aromatic hydroxyl groups is 3. The maximum atomic E-state index is 14.4. The monoisotopic (exact) mass is 997 g/mol. The fourth-order valence-electron chi connectivity index (χ4n) is 9.26. The molecule has 4 aliphatic heterocycles. The SMILES string of the molecule is CO[C@H]1/C=C/O[C@@]2(C)Oc3c(C)c(O)c4c(O)c(c(/C=N/N5CCN(C)CC5)c(O)c4c3C2=O)NC(=O)/C(C)=C\C=C\[C@H](C)[C@H](O)[C@@H](C)[C@@H](O)[C@@H](C)[C@H](OC(C)=O)[C@@H]1C.Cc1cc(=O)oc2cc(N)ccc12. The molecule has 1 fully saturated rings. The van der Waals surface area contributed by atoms with Crippen LogP contribution in [0.5, 0.6) is 23.0 Å². The molecule has 8 N–H and O–H groups in total. The molecule has 3 aromatic carbocycles. The number of methoxy groups -OCH3 is 1. The van der Waals surface area contributed by atoms with Crippen LogP contribution in [0.4, 0.5) is 11.4 Å². The third kappa shape index (κ3) is 11.2. The molecule has 0 radical (unpaired) electrons. The van der Waals surface area contributed by atoms with E-state index in [0.717, 1.165) is 24.0 Å². The van der Waals surface area contributed by atoms with Gasteiger partial charge in [0.2, 0.25) is 0 Å². The van der Waals surface area contributed by atoms with Crippen molar-refractivity contribution in [2.24, 2.45) is 28.8 Å². The van der Waals surface area contributed by atoms with Crippen LogP contribution < -0.4 is 21.4 Å². The minimum absolute atomic E-state index is 0.0559. The molecular formula is C53H67N5O14. The number of benzene rings is 3. The van der Waals surface area contributed by atoms with Gasteiger partial charge in [0, 0.05) is 111 Å². The number of esters is 1. The molecule has 4 aliphatic rings. The van der Waals surface area contributed by atoms with E-state index >= 15 is 0 Å². The number of amides is 1. The maximum Gasteiger partial charge on any atom is 0.336 e. The van der Waals surface area contributed by atoms with Crippen molar-refractivity contribution in [1.29, 1.82) is 0 Å². The van der Waals surface area contributed by atoms with Crippen molar-refractivity contribution in [3.63, 3.8) is 0 Å². The first-order valence-corrected chi connectivity index (χ1v) is 23.8. The second-order valence-corrected chi connectivity index (χ2v) is 19.1. The van der Waals surface area contributed by atoms with Crippen LogP contribution in [-0.2, 0) is 23.8 Å². The molecular weight excluding hydrogens is 931 g/mol. The van der Waals surface area contributed by atoms with Crippen molar-refractivity contribution >= 4 is 57.0 Å². The summed E-state index contributed by atoms with van der Waals surface area (Å²) in [7, 11) is 3.42. The third-order valence-electron chi connectivity index (χ3n) is 13.8. The van der Waals surface area contributed by atoms with E-state index in [4.69, 9.17) is 29.1 Å². The van der Waals surface area contributed by atoms with Crippen molar-refractivity contribution < 1.29 is 63.3 Å². The highest BCUT2D eigenvalue weighted by Crippen LogP contribution is 2.55. The Labute approximate surface area is 417 Å². The highest BCUT2D eigenvalue weighted by molar-refractivity contribution is 6.24. The number of likely N-dealkylation sites (N-methyl/N-ethyl adjacent to an activating group) is 1. The van der Waals surface area contributed by atoms with Crippen molar-refractivity contribution in [2.45, 2.75) is 92.5 Å². The summed E-state index contributed by atoms with van der Waals surface area (Å²) in [6.07, 6.45) is 4.86. The van der Waals surface area contributed by atoms with Crippen LogP contribution in [0, 0.1) is 37.5 Å². The fraction of sp³-hybridized carbons (Fsp3) is 0.453. The Kier molecular flexibility index (Phi) is 16.8. The summed E-state index contributed by atoms with van der Waals surface area (Å²) in [5, 5.41) is 67.8. The van der Waals surface area contributed by atoms with Gasteiger partial charge in [-0.15, -0.1) is 0 Å². The number of ketones is 1. The highest BCUT2D eigenvalue weighted by Gasteiger charge is 2.50. The Morgan fingerprint density at radius 1 is 0.917 bits per heavy atom. The predicted molar refractivity (Wildman–Crippen MR) is 272 cm³/mol. The molecule has 0 aliphatic carbocycles. The van der Waals surface area contributed by atoms with Crippen molar-refractivity contribution in [3.8, 4) is 23.0 Å². The van der Waals surface area contributed by atoms with Crippen molar-refractivity contribution in [2.75, 3.05) is 51.4 Å². The largest absolute Gasteiger partial charge is 0.507 e. The van der Waals surface area contributed by atoms with Gasteiger partial charge in [0.1, 0.15) is 28.9 Å². The summed E-state index contributed by atoms with van der Waals surface area (Å²) in [4.78, 5) is 53.6. The number of allylic oxidation sites excluding steroid dienone is 2. The lowest BCUT2D eigenvalue weighted by Crippen LogP contribution is -2.46. The van der Waals surface area contributed by atoms with E-state index in [0.29, 0.717) is 24.4 Å². The number of piperazine rings is 1. The number of phenolic OH excluding ortho intramolecular Hbond substituents is 3. The zero-order valence-electron chi connectivity index (χ0n) is 42.6. The molecule has 9 atom stereocenters. The smallest absolute Gasteiger partial charge is 0.336 e. The zero-order chi connectivity index (χ0) is 53.1. The Hall–Kier alpha value is -6.93. The number of carbonyl (C=O) groups excluding carboxylic acids is 3. The number of aryl methyl sites for hydroxylation is 1. The van der Waals surface area contributed by atoms with Gasteiger partial charge in [-0.05, 0) is 51.6 Å². The van der Waals surface area contributed by atoms with E-state index in [-0.39, 0.29) is 50.1 Å². The topological polar surface area (TPSA) is 276 Å². The van der Waals surface area contributed by atoms with Gasteiger partial charge in [-0.25, -0.2) is 4.79 Å². The average molecular weight is 998 g/mol. The molecule has 388 valence electrons. The number of ether oxygens (including phenoxy) is 4. The van der Waals surface area contributed by atoms with Crippen molar-refractivity contribution in [1.82, 2.24) is 9.91 Å². The van der Waals surface area contributed by atoms with Crippen LogP contribution in [0.2, 0.25) is 0 Å². The molecule has 1 amide bonds. The number of hydrogen-bond acceptors (Lipinski definition) is 18. The number of hydrogen-bond donors (Lipinski definition) is 7. The molecule has 72 heavy (non-hydrogen) atoms. The number of nitrogens with zero attached hydrogens (tertiary/aromatic N) is 3. The maximum absolute atomic E-state index is 14.4. The number of aliphatic hydroxyl groups is 2. The van der Waals surface area contributed by atoms with Gasteiger partial charge in [0.05, 0.1) is 53.0 Å². The number of rotatable bonds is 4. The van der Waals surface area contributed by atoms with Crippen LogP contribution in [0.15, 0.2) is 74.7 Å². The second kappa shape index (κ2) is 22.2. The molecule has 0 spiro atoms. The average Bonchev–Trinajstić information content (AvgIpc) is 3.60. The van der Waals surface area contributed by atoms with Gasteiger partial charge in [0.15, 0.2) is 5.75 Å². The number of nitrogens with two attached hydrogens (primary N) is 1. The summed E-state index contributed by atoms with van der Waals surface area (Å²) in [6.45, 7) is 17.0. The number of nitrogen functional groups attached to an aromatic ring is 1. The van der Waals surface area contributed by atoms with Gasteiger partial charge < -0.3 is 64.8 Å². The van der Waals surface area contributed by atoms with Crippen LogP contribution >= 0.6 is 0 Å². The molecule has 5 bridgehead atoms. The van der Waals surface area contributed by atoms with Gasteiger partial charge in [-0.3, -0.25) is 19.4 Å². The quantitative estimate of drug-likeness (QED) is 0.0307. The van der Waals surface area contributed by atoms with E-state index < -0.39 is 88.8 Å². The lowest BCUT2D eigenvalue weighted by atomic mass is 9.78. The Morgan fingerprint density at radius 2 is 1.60 bits per heavy atom. The first-order chi connectivity index (χ1) is 33.9. The summed E-state index contributed by atoms with van der Waals surface area (Å²) in [5.74, 6) is -8.34. The Bertz CT molecular complexity index is 2900. The van der Waals surface area contributed by atoms with Crippen LogP contribution in [-0.4, -0.2) is 130 Å². The number of nitrogens with one attached hydrogen (secondary N) is 1. The van der Waals surface area contributed by atoms with Gasteiger partial charge in [0.25, 0.3) is 11.7 Å². The van der Waals surface area contributed by atoms with Crippen LogP contribution in [0.3, 0.4) is 0 Å². The standard InChI is InChI=1S/C43H58N4O12.C10H9NO2/c1-21-12-11-13-22(2)42(55)45-33-28(20-44-47-17-15-46(9)16-18-47)37(52)30-31(38(33)53)36(51)26(6)40-32(30)41(54)43(8,59-40)57-19-14-29(56-10)23(3)39(58-27(7)48)25(5)35(50)24(4)34(21)49;1-6-4-10(12)13-9-5-7(11)2-3-8(6)9/h11-14,19-21,23-25,29,34-35,39,49-53H,15-18H2,1-10H3,(H,45,55);2-5H,11H2,1H3/b12-11+,19-14+,22-13-,44-20+;/t21-,23+,24+,25+,29-,34-,35+,39+,43-;/m0./s1. The number of fused-ring (bicyclic) bond motifs is 15. The number of Topliss-reactive ketones (excluding diaryl/α,β-unsaturated/α-hetero) is 1.